The Bertz CT molecular complexity index is 798. The molecule has 0 aromatic heterocycles. The third-order valence-electron chi connectivity index (χ3n) is 4.17. The summed E-state index contributed by atoms with van der Waals surface area (Å²) in [4.78, 5) is 25.0. The second kappa shape index (κ2) is 9.32. The lowest BCUT2D eigenvalue weighted by atomic mass is 10.1. The highest BCUT2D eigenvalue weighted by Crippen LogP contribution is 2.32. The Morgan fingerprint density at radius 2 is 1.89 bits per heavy atom. The van der Waals surface area contributed by atoms with Gasteiger partial charge in [-0.25, -0.2) is 0 Å². The van der Waals surface area contributed by atoms with E-state index < -0.39 is 6.04 Å². The topological polar surface area (TPSA) is 76.7 Å². The van der Waals surface area contributed by atoms with Crippen molar-refractivity contribution in [2.24, 2.45) is 0 Å². The van der Waals surface area contributed by atoms with Gasteiger partial charge in [0.25, 0.3) is 5.91 Å². The van der Waals surface area contributed by atoms with Crippen LogP contribution in [0.25, 0.3) is 0 Å². The van der Waals surface area contributed by atoms with Crippen LogP contribution in [-0.2, 0) is 11.3 Å². The van der Waals surface area contributed by atoms with E-state index in [-0.39, 0.29) is 18.6 Å². The van der Waals surface area contributed by atoms with E-state index in [0.29, 0.717) is 30.0 Å². The molecule has 3 rings (SSSR count). The van der Waals surface area contributed by atoms with Crippen LogP contribution in [0.1, 0.15) is 22.3 Å². The molecule has 1 atom stereocenters. The molecule has 1 aliphatic heterocycles. The number of fused-ring (bicyclic) bond motifs is 1. The van der Waals surface area contributed by atoms with E-state index in [0.717, 1.165) is 11.3 Å². The van der Waals surface area contributed by atoms with E-state index in [2.05, 4.69) is 10.6 Å². The molecular weight excluding hydrogens is 364 g/mol. The summed E-state index contributed by atoms with van der Waals surface area (Å²) in [7, 11) is 0. The number of ether oxygens (including phenoxy) is 2. The van der Waals surface area contributed by atoms with Gasteiger partial charge >= 0.3 is 0 Å². The summed E-state index contributed by atoms with van der Waals surface area (Å²) in [5.41, 5.74) is 1.45. The molecule has 0 unspecified atom stereocenters. The van der Waals surface area contributed by atoms with Gasteiger partial charge in [0.05, 0.1) is 0 Å². The van der Waals surface area contributed by atoms with Crippen molar-refractivity contribution in [1.29, 1.82) is 0 Å². The van der Waals surface area contributed by atoms with Crippen molar-refractivity contribution in [2.45, 2.75) is 19.0 Å². The summed E-state index contributed by atoms with van der Waals surface area (Å²) in [6.45, 7) is 0.569. The van der Waals surface area contributed by atoms with E-state index >= 15 is 0 Å². The molecule has 1 aliphatic rings. The van der Waals surface area contributed by atoms with E-state index in [4.69, 9.17) is 9.47 Å². The Morgan fingerprint density at radius 3 is 2.67 bits per heavy atom. The van der Waals surface area contributed by atoms with E-state index in [1.165, 1.54) is 0 Å². The van der Waals surface area contributed by atoms with Gasteiger partial charge in [-0.15, -0.1) is 0 Å². The number of hydrogen-bond acceptors (Lipinski definition) is 5. The maximum Gasteiger partial charge on any atom is 0.251 e. The van der Waals surface area contributed by atoms with Crippen LogP contribution in [0, 0.1) is 0 Å². The average molecular weight is 386 g/mol. The molecule has 0 saturated carbocycles. The van der Waals surface area contributed by atoms with Gasteiger partial charge in [0.15, 0.2) is 11.5 Å². The van der Waals surface area contributed by atoms with Crippen LogP contribution in [0.2, 0.25) is 0 Å². The summed E-state index contributed by atoms with van der Waals surface area (Å²) >= 11 is 1.64. The first kappa shape index (κ1) is 19.1. The molecule has 0 radical (unpaired) electrons. The lowest BCUT2D eigenvalue weighted by molar-refractivity contribution is -0.123. The van der Waals surface area contributed by atoms with Crippen molar-refractivity contribution in [3.05, 3.63) is 59.7 Å². The smallest absolute Gasteiger partial charge is 0.251 e. The molecule has 0 fully saturated rings. The zero-order valence-electron chi connectivity index (χ0n) is 15.1. The zero-order chi connectivity index (χ0) is 19.1. The highest BCUT2D eigenvalue weighted by atomic mass is 32.2. The molecule has 2 N–H and O–H groups in total. The summed E-state index contributed by atoms with van der Waals surface area (Å²) < 4.78 is 10.6. The number of hydrogen-bond donors (Lipinski definition) is 2. The largest absolute Gasteiger partial charge is 0.454 e. The second-order valence-electron chi connectivity index (χ2n) is 6.08. The van der Waals surface area contributed by atoms with Crippen molar-refractivity contribution in [1.82, 2.24) is 10.6 Å². The van der Waals surface area contributed by atoms with Crippen LogP contribution in [0.3, 0.4) is 0 Å². The normalized spacial score (nSPS) is 13.1. The molecule has 7 heteroatoms. The highest BCUT2D eigenvalue weighted by Gasteiger charge is 2.21. The van der Waals surface area contributed by atoms with E-state index in [1.807, 2.05) is 30.5 Å². The Balaban J connectivity index is 1.60. The first-order valence-corrected chi connectivity index (χ1v) is 10.1. The minimum Gasteiger partial charge on any atom is -0.454 e. The molecule has 0 saturated heterocycles. The fraction of sp³-hybridized carbons (Fsp3) is 0.300. The van der Waals surface area contributed by atoms with Gasteiger partial charge in [-0.3, -0.25) is 9.59 Å². The molecule has 142 valence electrons. The van der Waals surface area contributed by atoms with Gasteiger partial charge in [0.2, 0.25) is 12.7 Å². The molecular formula is C20H22N2O4S. The van der Waals surface area contributed by atoms with Crippen LogP contribution in [-0.4, -0.2) is 36.7 Å². The predicted molar refractivity (Wildman–Crippen MR) is 105 cm³/mol. The van der Waals surface area contributed by atoms with Crippen molar-refractivity contribution >= 4 is 23.6 Å². The number of thioether (sulfide) groups is 1. The Morgan fingerprint density at radius 1 is 1.11 bits per heavy atom. The number of nitrogens with one attached hydrogen (secondary N) is 2. The molecule has 2 aromatic rings. The minimum atomic E-state index is -0.584. The Labute approximate surface area is 162 Å². The van der Waals surface area contributed by atoms with Crippen molar-refractivity contribution < 1.29 is 19.1 Å². The molecule has 0 bridgehead atoms. The lowest BCUT2D eigenvalue weighted by Crippen LogP contribution is -2.46. The minimum absolute atomic E-state index is 0.203. The SMILES string of the molecule is CSCC[C@@H](NC(=O)c1ccccc1)C(=O)NCc1ccc2c(c1)OCO2. The first-order chi connectivity index (χ1) is 13.2. The van der Waals surface area contributed by atoms with Gasteiger partial charge < -0.3 is 20.1 Å². The van der Waals surface area contributed by atoms with Crippen LogP contribution in [0.15, 0.2) is 48.5 Å². The number of amides is 2. The summed E-state index contributed by atoms with van der Waals surface area (Å²) in [6.07, 6.45) is 2.54. The lowest BCUT2D eigenvalue weighted by Gasteiger charge is -2.18. The average Bonchev–Trinajstić information content (AvgIpc) is 3.17. The second-order valence-corrected chi connectivity index (χ2v) is 7.06. The van der Waals surface area contributed by atoms with Crippen LogP contribution in [0.4, 0.5) is 0 Å². The molecule has 1 heterocycles. The standard InChI is InChI=1S/C20H22N2O4S/c1-27-10-9-16(22-19(23)15-5-3-2-4-6-15)20(24)21-12-14-7-8-17-18(11-14)26-13-25-17/h2-8,11,16H,9-10,12-13H2,1H3,(H,21,24)(H,22,23)/t16-/m1/s1. The number of carbonyl (C=O) groups is 2. The van der Waals surface area contributed by atoms with Crippen LogP contribution < -0.4 is 20.1 Å². The maximum absolute atomic E-state index is 12.6. The number of rotatable bonds is 8. The Hall–Kier alpha value is -2.67. The first-order valence-electron chi connectivity index (χ1n) is 8.68. The molecule has 2 amide bonds. The third-order valence-corrected chi connectivity index (χ3v) is 4.82. The van der Waals surface area contributed by atoms with Gasteiger partial charge in [0, 0.05) is 12.1 Å². The molecule has 0 aliphatic carbocycles. The van der Waals surface area contributed by atoms with E-state index in [1.54, 1.807) is 36.0 Å². The van der Waals surface area contributed by atoms with Crippen molar-refractivity contribution in [3.8, 4) is 11.5 Å². The van der Waals surface area contributed by atoms with Crippen LogP contribution >= 0.6 is 11.8 Å². The van der Waals surface area contributed by atoms with Gasteiger partial charge in [-0.05, 0) is 48.3 Å². The highest BCUT2D eigenvalue weighted by molar-refractivity contribution is 7.98. The van der Waals surface area contributed by atoms with E-state index in [9.17, 15) is 9.59 Å². The maximum atomic E-state index is 12.6. The zero-order valence-corrected chi connectivity index (χ0v) is 15.9. The summed E-state index contributed by atoms with van der Waals surface area (Å²) in [6, 6.07) is 13.9. The molecule has 6 nitrogen and oxygen atoms in total. The quantitative estimate of drug-likeness (QED) is 0.729. The summed E-state index contributed by atoms with van der Waals surface area (Å²) in [5, 5.41) is 5.73. The number of carbonyl (C=O) groups excluding carboxylic acids is 2. The van der Waals surface area contributed by atoms with Gasteiger partial charge in [0.1, 0.15) is 6.04 Å². The monoisotopic (exact) mass is 386 g/mol. The Kier molecular flexibility index (Phi) is 6.59. The number of benzene rings is 2. The van der Waals surface area contributed by atoms with Crippen LogP contribution in [0.5, 0.6) is 11.5 Å². The fourth-order valence-electron chi connectivity index (χ4n) is 2.70. The molecule has 0 spiro atoms. The molecule has 27 heavy (non-hydrogen) atoms. The predicted octanol–water partition coefficient (Wildman–Crippen LogP) is 2.58. The molecule has 2 aromatic carbocycles. The summed E-state index contributed by atoms with van der Waals surface area (Å²) in [5.74, 6) is 1.71. The fourth-order valence-corrected chi connectivity index (χ4v) is 3.17. The van der Waals surface area contributed by atoms with Crippen molar-refractivity contribution in [3.63, 3.8) is 0 Å². The van der Waals surface area contributed by atoms with Gasteiger partial charge in [-0.1, -0.05) is 24.3 Å². The van der Waals surface area contributed by atoms with Gasteiger partial charge in [-0.2, -0.15) is 11.8 Å². The third kappa shape index (κ3) is 5.17. The van der Waals surface area contributed by atoms with Crippen molar-refractivity contribution in [2.75, 3.05) is 18.8 Å².